The fourth-order valence-electron chi connectivity index (χ4n) is 2.70. The molecule has 5 nitrogen and oxygen atoms in total. The van der Waals surface area contributed by atoms with Gasteiger partial charge in [0.2, 0.25) is 0 Å². The Kier molecular flexibility index (Phi) is 5.01. The van der Waals surface area contributed by atoms with E-state index in [2.05, 4.69) is 0 Å². The summed E-state index contributed by atoms with van der Waals surface area (Å²) in [7, 11) is 0. The van der Waals surface area contributed by atoms with Crippen molar-refractivity contribution in [3.8, 4) is 0 Å². The largest absolute Gasteiger partial charge is 0.299 e. The van der Waals surface area contributed by atoms with Gasteiger partial charge in [0.15, 0.2) is 5.78 Å². The smallest absolute Gasteiger partial charge is 0.269 e. The lowest BCUT2D eigenvalue weighted by atomic mass is 9.80. The van der Waals surface area contributed by atoms with E-state index in [1.54, 1.807) is 6.92 Å². The van der Waals surface area contributed by atoms with E-state index >= 15 is 0 Å². The van der Waals surface area contributed by atoms with Crippen LogP contribution < -0.4 is 0 Å². The number of Topliss-reactive ketones (excluding diaryl/α,β-unsaturated/α-hetero) is 2. The number of carbonyl (C=O) groups is 2. The maximum absolute atomic E-state index is 12.6. The molecule has 118 valence electrons. The summed E-state index contributed by atoms with van der Waals surface area (Å²) < 4.78 is 0. The highest BCUT2D eigenvalue weighted by Crippen LogP contribution is 2.29. The first-order valence-electron chi connectivity index (χ1n) is 7.26. The van der Waals surface area contributed by atoms with Gasteiger partial charge < -0.3 is 0 Å². The lowest BCUT2D eigenvalue weighted by Crippen LogP contribution is -2.24. The molecule has 0 aliphatic heterocycles. The second-order valence-corrected chi connectivity index (χ2v) is 5.46. The number of benzene rings is 2. The molecule has 2 aromatic carbocycles. The number of hydrogen-bond donors (Lipinski definition) is 0. The van der Waals surface area contributed by atoms with Gasteiger partial charge in [0.25, 0.3) is 5.69 Å². The van der Waals surface area contributed by atoms with Crippen LogP contribution in [0, 0.1) is 16.0 Å². The van der Waals surface area contributed by atoms with Gasteiger partial charge in [-0.05, 0) is 24.6 Å². The van der Waals surface area contributed by atoms with E-state index in [4.69, 9.17) is 0 Å². The predicted octanol–water partition coefficient (Wildman–Crippen LogP) is 3.79. The highest BCUT2D eigenvalue weighted by atomic mass is 16.6. The van der Waals surface area contributed by atoms with Crippen LogP contribution in [0.1, 0.15) is 35.7 Å². The van der Waals surface area contributed by atoms with E-state index in [-0.39, 0.29) is 17.3 Å². The minimum absolute atomic E-state index is 0.0691. The molecular weight excluding hydrogens is 294 g/mol. The molecule has 0 spiro atoms. The molecule has 0 bridgehead atoms. The van der Waals surface area contributed by atoms with Gasteiger partial charge in [0.05, 0.1) is 10.8 Å². The minimum Gasteiger partial charge on any atom is -0.299 e. The number of ketones is 2. The van der Waals surface area contributed by atoms with Crippen LogP contribution >= 0.6 is 0 Å². The summed E-state index contributed by atoms with van der Waals surface area (Å²) in [6.07, 6.45) is 0. The first-order chi connectivity index (χ1) is 10.9. The molecule has 0 N–H and O–H groups in total. The summed E-state index contributed by atoms with van der Waals surface area (Å²) in [6, 6.07) is 14.6. The zero-order valence-corrected chi connectivity index (χ0v) is 12.9. The first-order valence-corrected chi connectivity index (χ1v) is 7.26. The van der Waals surface area contributed by atoms with Gasteiger partial charge in [-0.2, -0.15) is 0 Å². The molecule has 0 aromatic heterocycles. The summed E-state index contributed by atoms with van der Waals surface area (Å²) in [5.41, 5.74) is 1.09. The third-order valence-electron chi connectivity index (χ3n) is 3.87. The maximum Gasteiger partial charge on any atom is 0.269 e. The van der Waals surface area contributed by atoms with Crippen LogP contribution in [0.2, 0.25) is 0 Å². The molecule has 5 heteroatoms. The lowest BCUT2D eigenvalue weighted by Gasteiger charge is -2.21. The SMILES string of the molecule is CC(=O)C(c1ccccc1)C(C)C(=O)c1ccc([N+](=O)[O-])cc1. The third kappa shape index (κ3) is 3.69. The summed E-state index contributed by atoms with van der Waals surface area (Å²) in [5, 5.41) is 10.7. The number of nitrogens with zero attached hydrogens (tertiary/aromatic N) is 1. The number of rotatable bonds is 6. The highest BCUT2D eigenvalue weighted by molar-refractivity contribution is 6.01. The van der Waals surface area contributed by atoms with Crippen LogP contribution in [-0.4, -0.2) is 16.5 Å². The molecule has 2 unspecified atom stereocenters. The van der Waals surface area contributed by atoms with Crippen molar-refractivity contribution in [3.05, 3.63) is 75.8 Å². The van der Waals surface area contributed by atoms with Crippen LogP contribution in [0.5, 0.6) is 0 Å². The van der Waals surface area contributed by atoms with Gasteiger partial charge in [-0.25, -0.2) is 0 Å². The molecule has 2 aromatic rings. The van der Waals surface area contributed by atoms with Crippen LogP contribution in [0.3, 0.4) is 0 Å². The van der Waals surface area contributed by atoms with Crippen molar-refractivity contribution in [1.82, 2.24) is 0 Å². The maximum atomic E-state index is 12.6. The Balaban J connectivity index is 2.29. The van der Waals surface area contributed by atoms with Crippen LogP contribution in [0.25, 0.3) is 0 Å². The molecule has 0 radical (unpaired) electrons. The van der Waals surface area contributed by atoms with Crippen LogP contribution in [0.15, 0.2) is 54.6 Å². The van der Waals surface area contributed by atoms with Crippen molar-refractivity contribution in [2.75, 3.05) is 0 Å². The summed E-state index contributed by atoms with van der Waals surface area (Å²) in [6.45, 7) is 3.18. The second kappa shape index (κ2) is 6.96. The monoisotopic (exact) mass is 311 g/mol. The standard InChI is InChI=1S/C18H17NO4/c1-12(17(13(2)20)14-6-4-3-5-7-14)18(21)15-8-10-16(11-9-15)19(22)23/h3-12,17H,1-2H3. The Morgan fingerprint density at radius 3 is 2.04 bits per heavy atom. The molecule has 0 aliphatic carbocycles. The van der Waals surface area contributed by atoms with Gasteiger partial charge in [-0.3, -0.25) is 19.7 Å². The number of nitro groups is 1. The highest BCUT2D eigenvalue weighted by Gasteiger charge is 2.29. The van der Waals surface area contributed by atoms with Crippen molar-refractivity contribution in [1.29, 1.82) is 0 Å². The molecule has 0 amide bonds. The van der Waals surface area contributed by atoms with E-state index < -0.39 is 16.8 Å². The van der Waals surface area contributed by atoms with Crippen molar-refractivity contribution in [3.63, 3.8) is 0 Å². The Labute approximate surface area is 134 Å². The summed E-state index contributed by atoms with van der Waals surface area (Å²) >= 11 is 0. The van der Waals surface area contributed by atoms with Crippen molar-refractivity contribution < 1.29 is 14.5 Å². The fraction of sp³-hybridized carbons (Fsp3) is 0.222. The van der Waals surface area contributed by atoms with Gasteiger partial charge >= 0.3 is 0 Å². The molecular formula is C18H17NO4. The minimum atomic E-state index is -0.545. The fourth-order valence-corrected chi connectivity index (χ4v) is 2.70. The topological polar surface area (TPSA) is 77.3 Å². The predicted molar refractivity (Wildman–Crippen MR) is 86.5 cm³/mol. The van der Waals surface area contributed by atoms with Crippen molar-refractivity contribution >= 4 is 17.3 Å². The molecule has 2 rings (SSSR count). The van der Waals surface area contributed by atoms with Gasteiger partial charge in [0, 0.05) is 23.6 Å². The Bertz CT molecular complexity index is 722. The number of carbonyl (C=O) groups excluding carboxylic acids is 2. The molecule has 23 heavy (non-hydrogen) atoms. The van der Waals surface area contributed by atoms with Crippen molar-refractivity contribution in [2.45, 2.75) is 19.8 Å². The van der Waals surface area contributed by atoms with E-state index in [9.17, 15) is 19.7 Å². The Hall–Kier alpha value is -2.82. The molecule has 0 saturated heterocycles. The van der Waals surface area contributed by atoms with E-state index in [0.717, 1.165) is 5.56 Å². The van der Waals surface area contributed by atoms with E-state index in [1.807, 2.05) is 30.3 Å². The molecule has 0 fully saturated rings. The lowest BCUT2D eigenvalue weighted by molar-refractivity contribution is -0.384. The quantitative estimate of drug-likeness (QED) is 0.462. The average molecular weight is 311 g/mol. The van der Waals surface area contributed by atoms with E-state index in [1.165, 1.54) is 31.2 Å². The molecule has 0 aliphatic rings. The van der Waals surface area contributed by atoms with Crippen LogP contribution in [0.4, 0.5) is 5.69 Å². The Morgan fingerprint density at radius 2 is 1.57 bits per heavy atom. The zero-order chi connectivity index (χ0) is 17.0. The van der Waals surface area contributed by atoms with Gasteiger partial charge in [-0.15, -0.1) is 0 Å². The number of nitro benzene ring substituents is 1. The normalized spacial score (nSPS) is 13.1. The Morgan fingerprint density at radius 1 is 1.00 bits per heavy atom. The molecule has 0 heterocycles. The molecule has 0 saturated carbocycles. The summed E-state index contributed by atoms with van der Waals surface area (Å²) in [5.74, 6) is -1.36. The van der Waals surface area contributed by atoms with Gasteiger partial charge in [0.1, 0.15) is 5.78 Å². The number of non-ortho nitro benzene ring substituents is 1. The first kappa shape index (κ1) is 16.5. The molecule has 2 atom stereocenters. The van der Waals surface area contributed by atoms with Gasteiger partial charge in [-0.1, -0.05) is 37.3 Å². The van der Waals surface area contributed by atoms with Crippen LogP contribution in [-0.2, 0) is 4.79 Å². The van der Waals surface area contributed by atoms with Crippen molar-refractivity contribution in [2.24, 2.45) is 5.92 Å². The van der Waals surface area contributed by atoms with E-state index in [0.29, 0.717) is 5.56 Å². The average Bonchev–Trinajstić information content (AvgIpc) is 2.55. The zero-order valence-electron chi connectivity index (χ0n) is 12.9. The summed E-state index contributed by atoms with van der Waals surface area (Å²) in [4.78, 5) is 34.8. The second-order valence-electron chi connectivity index (χ2n) is 5.46. The third-order valence-corrected chi connectivity index (χ3v) is 3.87. The number of hydrogen-bond acceptors (Lipinski definition) is 4.